The monoisotopic (exact) mass is 449 g/mol. The van der Waals surface area contributed by atoms with Crippen LogP contribution in [0.3, 0.4) is 0 Å². The molecule has 1 fully saturated rings. The Morgan fingerprint density at radius 2 is 1.56 bits per heavy atom. The van der Waals surface area contributed by atoms with E-state index in [9.17, 15) is 9.59 Å². The first-order valence-electron chi connectivity index (χ1n) is 10.4. The number of anilines is 2. The zero-order valence-electron chi connectivity index (χ0n) is 17.8. The number of amides is 2. The van der Waals surface area contributed by atoms with Gasteiger partial charge in [0.05, 0.1) is 12.1 Å². The second kappa shape index (κ2) is 9.75. The Morgan fingerprint density at radius 1 is 0.875 bits per heavy atom. The van der Waals surface area contributed by atoms with Crippen LogP contribution in [0.4, 0.5) is 11.4 Å². The third-order valence-corrected chi connectivity index (χ3v) is 5.79. The van der Waals surface area contributed by atoms with E-state index in [1.165, 1.54) is 7.11 Å². The lowest BCUT2D eigenvalue weighted by Crippen LogP contribution is -2.48. The zero-order chi connectivity index (χ0) is 22.5. The molecule has 1 aliphatic rings. The molecule has 0 aliphatic carbocycles. The molecule has 7 heteroatoms. The van der Waals surface area contributed by atoms with E-state index in [1.54, 1.807) is 18.2 Å². The zero-order valence-corrected chi connectivity index (χ0v) is 18.5. The number of carbonyl (C=O) groups is 2. The van der Waals surface area contributed by atoms with Crippen molar-refractivity contribution in [1.82, 2.24) is 4.90 Å². The predicted molar refractivity (Wildman–Crippen MR) is 127 cm³/mol. The summed E-state index contributed by atoms with van der Waals surface area (Å²) >= 11 is 6.11. The number of hydrogen-bond donors (Lipinski definition) is 1. The number of nitrogens with one attached hydrogen (secondary N) is 1. The molecule has 1 N–H and O–H groups in total. The lowest BCUT2D eigenvalue weighted by Gasteiger charge is -2.36. The van der Waals surface area contributed by atoms with Crippen molar-refractivity contribution in [2.45, 2.75) is 0 Å². The number of methoxy groups -OCH3 is 1. The molecule has 0 aromatic heterocycles. The van der Waals surface area contributed by atoms with Gasteiger partial charge in [0.25, 0.3) is 11.8 Å². The summed E-state index contributed by atoms with van der Waals surface area (Å²) in [5.74, 6) is 0.357. The van der Waals surface area contributed by atoms with Gasteiger partial charge in [0.15, 0.2) is 0 Å². The van der Waals surface area contributed by atoms with Crippen LogP contribution in [0.2, 0.25) is 5.02 Å². The van der Waals surface area contributed by atoms with E-state index in [0.717, 1.165) is 24.3 Å². The Kier molecular flexibility index (Phi) is 6.61. The van der Waals surface area contributed by atoms with E-state index in [0.29, 0.717) is 35.1 Å². The fourth-order valence-electron chi connectivity index (χ4n) is 3.70. The highest BCUT2D eigenvalue weighted by Gasteiger charge is 2.22. The minimum atomic E-state index is -0.240. The van der Waals surface area contributed by atoms with Crippen LogP contribution in [0.1, 0.15) is 20.7 Å². The van der Waals surface area contributed by atoms with Crippen molar-refractivity contribution in [3.63, 3.8) is 0 Å². The first kappa shape index (κ1) is 21.7. The van der Waals surface area contributed by atoms with Gasteiger partial charge in [0, 0.05) is 48.7 Å². The number of rotatable bonds is 5. The SMILES string of the molecule is COc1ccc(C(=O)Nc2ccc(N3CCN(C(=O)c4ccccc4)CC3)cc2)cc1Cl. The van der Waals surface area contributed by atoms with Crippen molar-refractivity contribution in [3.05, 3.63) is 88.9 Å². The summed E-state index contributed by atoms with van der Waals surface area (Å²) in [6, 6.07) is 22.0. The molecule has 0 unspecified atom stereocenters. The van der Waals surface area contributed by atoms with Crippen LogP contribution in [0.15, 0.2) is 72.8 Å². The summed E-state index contributed by atoms with van der Waals surface area (Å²) < 4.78 is 5.12. The molecule has 164 valence electrons. The molecule has 1 heterocycles. The van der Waals surface area contributed by atoms with Crippen molar-refractivity contribution >= 4 is 34.8 Å². The number of hydrogen-bond acceptors (Lipinski definition) is 4. The number of piperazine rings is 1. The number of carbonyl (C=O) groups excluding carboxylic acids is 2. The summed E-state index contributed by atoms with van der Waals surface area (Å²) in [4.78, 5) is 29.3. The van der Waals surface area contributed by atoms with Gasteiger partial charge in [-0.15, -0.1) is 0 Å². The molecule has 0 atom stereocenters. The third-order valence-electron chi connectivity index (χ3n) is 5.49. The minimum Gasteiger partial charge on any atom is -0.495 e. The van der Waals surface area contributed by atoms with E-state index in [4.69, 9.17) is 16.3 Å². The standard InChI is InChI=1S/C25H24ClN3O3/c1-32-23-12-7-19(17-22(23)26)24(30)27-20-8-10-21(11-9-20)28-13-15-29(16-14-28)25(31)18-5-3-2-4-6-18/h2-12,17H,13-16H2,1H3,(H,27,30). The lowest BCUT2D eigenvalue weighted by atomic mass is 10.1. The van der Waals surface area contributed by atoms with E-state index < -0.39 is 0 Å². The third kappa shape index (κ3) is 4.86. The molecule has 1 aliphatic heterocycles. The van der Waals surface area contributed by atoms with E-state index >= 15 is 0 Å². The van der Waals surface area contributed by atoms with Gasteiger partial charge in [-0.25, -0.2) is 0 Å². The first-order valence-corrected chi connectivity index (χ1v) is 10.8. The number of nitrogens with zero attached hydrogens (tertiary/aromatic N) is 2. The fourth-order valence-corrected chi connectivity index (χ4v) is 3.96. The van der Waals surface area contributed by atoms with Crippen LogP contribution in [0.25, 0.3) is 0 Å². The second-order valence-corrected chi connectivity index (χ2v) is 7.90. The molecule has 6 nitrogen and oxygen atoms in total. The molecule has 3 aromatic carbocycles. The van der Waals surface area contributed by atoms with Crippen LogP contribution < -0.4 is 15.0 Å². The van der Waals surface area contributed by atoms with Gasteiger partial charge in [0.1, 0.15) is 5.75 Å². The Balaban J connectivity index is 1.33. The molecule has 0 saturated carbocycles. The van der Waals surface area contributed by atoms with Gasteiger partial charge in [-0.3, -0.25) is 9.59 Å². The topological polar surface area (TPSA) is 61.9 Å². The van der Waals surface area contributed by atoms with Gasteiger partial charge in [-0.2, -0.15) is 0 Å². The highest BCUT2D eigenvalue weighted by atomic mass is 35.5. The maximum Gasteiger partial charge on any atom is 0.255 e. The van der Waals surface area contributed by atoms with E-state index in [-0.39, 0.29) is 11.8 Å². The summed E-state index contributed by atoms with van der Waals surface area (Å²) in [6.07, 6.45) is 0. The molecular formula is C25H24ClN3O3. The normalized spacial score (nSPS) is 13.6. The molecule has 1 saturated heterocycles. The van der Waals surface area contributed by atoms with Gasteiger partial charge in [0.2, 0.25) is 0 Å². The first-order chi connectivity index (χ1) is 15.5. The summed E-state index contributed by atoms with van der Waals surface area (Å²) in [6.45, 7) is 2.86. The van der Waals surface area contributed by atoms with Crippen LogP contribution in [0, 0.1) is 0 Å². The Bertz CT molecular complexity index is 1100. The van der Waals surface area contributed by atoms with Crippen molar-refractivity contribution in [2.24, 2.45) is 0 Å². The molecule has 2 amide bonds. The van der Waals surface area contributed by atoms with Crippen LogP contribution in [-0.4, -0.2) is 50.0 Å². The van der Waals surface area contributed by atoms with Crippen LogP contribution in [0.5, 0.6) is 5.75 Å². The van der Waals surface area contributed by atoms with Crippen molar-refractivity contribution in [2.75, 3.05) is 43.5 Å². The van der Waals surface area contributed by atoms with E-state index in [2.05, 4.69) is 10.2 Å². The minimum absolute atomic E-state index is 0.0712. The molecular weight excluding hydrogens is 426 g/mol. The van der Waals surface area contributed by atoms with Crippen molar-refractivity contribution in [3.8, 4) is 5.75 Å². The highest BCUT2D eigenvalue weighted by molar-refractivity contribution is 6.32. The Hall–Kier alpha value is -3.51. The fraction of sp³-hybridized carbons (Fsp3) is 0.200. The van der Waals surface area contributed by atoms with Gasteiger partial charge < -0.3 is 19.9 Å². The quantitative estimate of drug-likeness (QED) is 0.620. The predicted octanol–water partition coefficient (Wildman–Crippen LogP) is 4.56. The van der Waals surface area contributed by atoms with E-state index in [1.807, 2.05) is 59.5 Å². The number of benzene rings is 3. The number of halogens is 1. The van der Waals surface area contributed by atoms with Gasteiger partial charge in [-0.05, 0) is 54.6 Å². The second-order valence-electron chi connectivity index (χ2n) is 7.50. The molecule has 32 heavy (non-hydrogen) atoms. The highest BCUT2D eigenvalue weighted by Crippen LogP contribution is 2.26. The molecule has 4 rings (SSSR count). The summed E-state index contributed by atoms with van der Waals surface area (Å²) in [5, 5.41) is 3.27. The largest absolute Gasteiger partial charge is 0.495 e. The molecule has 0 spiro atoms. The lowest BCUT2D eigenvalue weighted by molar-refractivity contribution is 0.0746. The smallest absolute Gasteiger partial charge is 0.255 e. The summed E-state index contributed by atoms with van der Waals surface area (Å²) in [7, 11) is 1.53. The average Bonchev–Trinajstić information content (AvgIpc) is 2.84. The maximum atomic E-state index is 12.6. The maximum absolute atomic E-state index is 12.6. The van der Waals surface area contributed by atoms with Crippen molar-refractivity contribution < 1.29 is 14.3 Å². The number of ether oxygens (including phenoxy) is 1. The van der Waals surface area contributed by atoms with Crippen LogP contribution >= 0.6 is 11.6 Å². The van der Waals surface area contributed by atoms with Gasteiger partial charge in [-0.1, -0.05) is 29.8 Å². The molecule has 0 bridgehead atoms. The van der Waals surface area contributed by atoms with Gasteiger partial charge >= 0.3 is 0 Å². The Labute approximate surface area is 192 Å². The van der Waals surface area contributed by atoms with Crippen molar-refractivity contribution in [1.29, 1.82) is 0 Å². The average molecular weight is 450 g/mol. The Morgan fingerprint density at radius 3 is 2.19 bits per heavy atom. The summed E-state index contributed by atoms with van der Waals surface area (Å²) in [5.41, 5.74) is 2.93. The molecule has 3 aromatic rings. The van der Waals surface area contributed by atoms with Crippen LogP contribution in [-0.2, 0) is 0 Å². The molecule has 0 radical (unpaired) electrons.